The fourth-order valence-corrected chi connectivity index (χ4v) is 7.98. The van der Waals surface area contributed by atoms with Crippen molar-refractivity contribution >= 4 is 17.9 Å². The van der Waals surface area contributed by atoms with Gasteiger partial charge in [0.2, 0.25) is 0 Å². The second-order valence-electron chi connectivity index (χ2n) is 19.5. The maximum Gasteiger partial charge on any atom is 0.306 e. The largest absolute Gasteiger partial charge is 0.462 e. The molecule has 0 amide bonds. The summed E-state index contributed by atoms with van der Waals surface area (Å²) in [6.45, 7) is 6.35. The van der Waals surface area contributed by atoms with E-state index in [1.54, 1.807) is 0 Å². The van der Waals surface area contributed by atoms with Crippen molar-refractivity contribution in [3.63, 3.8) is 0 Å². The Morgan fingerprint density at radius 3 is 0.863 bits per heavy atom. The lowest BCUT2D eigenvalue weighted by atomic mass is 10.0. The van der Waals surface area contributed by atoms with Crippen molar-refractivity contribution in [2.24, 2.45) is 0 Å². The van der Waals surface area contributed by atoms with Crippen molar-refractivity contribution in [3.8, 4) is 0 Å². The van der Waals surface area contributed by atoms with E-state index in [0.29, 0.717) is 19.3 Å². The zero-order valence-electron chi connectivity index (χ0n) is 47.4. The van der Waals surface area contributed by atoms with Gasteiger partial charge in [-0.2, -0.15) is 0 Å². The van der Waals surface area contributed by atoms with Crippen molar-refractivity contribution in [3.05, 3.63) is 122 Å². The van der Waals surface area contributed by atoms with Crippen molar-refractivity contribution in [2.75, 3.05) is 13.2 Å². The van der Waals surface area contributed by atoms with Gasteiger partial charge in [0.05, 0.1) is 0 Å². The highest BCUT2D eigenvalue weighted by atomic mass is 16.6. The van der Waals surface area contributed by atoms with Crippen LogP contribution in [0.5, 0.6) is 0 Å². The van der Waals surface area contributed by atoms with Gasteiger partial charge in [0.15, 0.2) is 6.10 Å². The van der Waals surface area contributed by atoms with Gasteiger partial charge < -0.3 is 14.2 Å². The summed E-state index contributed by atoms with van der Waals surface area (Å²) in [5.41, 5.74) is 0. The molecule has 1 atom stereocenters. The highest BCUT2D eigenvalue weighted by Gasteiger charge is 2.19. The Labute approximate surface area is 450 Å². The molecule has 0 saturated heterocycles. The summed E-state index contributed by atoms with van der Waals surface area (Å²) in [4.78, 5) is 38.2. The topological polar surface area (TPSA) is 78.9 Å². The number of esters is 3. The summed E-state index contributed by atoms with van der Waals surface area (Å²) in [7, 11) is 0. The second-order valence-corrected chi connectivity index (χ2v) is 19.5. The average molecular weight is 1010 g/mol. The highest BCUT2D eigenvalue weighted by Crippen LogP contribution is 2.15. The van der Waals surface area contributed by atoms with Gasteiger partial charge in [-0.25, -0.2) is 0 Å². The molecule has 0 aliphatic carbocycles. The molecule has 6 heteroatoms. The van der Waals surface area contributed by atoms with Crippen LogP contribution in [0.3, 0.4) is 0 Å². The average Bonchev–Trinajstić information content (AvgIpc) is 3.39. The van der Waals surface area contributed by atoms with Gasteiger partial charge in [0.1, 0.15) is 13.2 Å². The van der Waals surface area contributed by atoms with Gasteiger partial charge in [-0.15, -0.1) is 0 Å². The molecule has 0 aliphatic rings. The number of ether oxygens (including phenoxy) is 3. The Hall–Kier alpha value is -4.19. The molecule has 0 N–H and O–H groups in total. The first-order valence-corrected chi connectivity index (χ1v) is 30.0. The van der Waals surface area contributed by atoms with Crippen LogP contribution in [-0.4, -0.2) is 37.2 Å². The lowest BCUT2D eigenvalue weighted by Gasteiger charge is -2.18. The van der Waals surface area contributed by atoms with Crippen molar-refractivity contribution < 1.29 is 28.6 Å². The fourth-order valence-electron chi connectivity index (χ4n) is 7.98. The van der Waals surface area contributed by atoms with Crippen LogP contribution in [0, 0.1) is 0 Å². The summed E-state index contributed by atoms with van der Waals surface area (Å²) < 4.78 is 16.8. The van der Waals surface area contributed by atoms with E-state index in [-0.39, 0.29) is 37.5 Å². The highest BCUT2D eigenvalue weighted by molar-refractivity contribution is 5.71. The Kier molecular flexibility index (Phi) is 56.9. The Bertz CT molecular complexity index is 1540. The number of carbonyl (C=O) groups is 3. The van der Waals surface area contributed by atoms with Crippen LogP contribution < -0.4 is 0 Å². The fraction of sp³-hybridized carbons (Fsp3) is 0.657. The van der Waals surface area contributed by atoms with E-state index in [9.17, 15) is 14.4 Å². The lowest BCUT2D eigenvalue weighted by molar-refractivity contribution is -0.167. The third-order valence-electron chi connectivity index (χ3n) is 12.4. The van der Waals surface area contributed by atoms with Crippen LogP contribution in [0.25, 0.3) is 0 Å². The van der Waals surface area contributed by atoms with E-state index in [0.717, 1.165) is 122 Å². The van der Waals surface area contributed by atoms with Crippen LogP contribution in [0.4, 0.5) is 0 Å². The van der Waals surface area contributed by atoms with Gasteiger partial charge in [-0.3, -0.25) is 14.4 Å². The maximum absolute atomic E-state index is 12.9. The van der Waals surface area contributed by atoms with Crippen molar-refractivity contribution in [1.29, 1.82) is 0 Å². The normalized spacial score (nSPS) is 13.0. The lowest BCUT2D eigenvalue weighted by Crippen LogP contribution is -2.30. The molecular weight excluding hydrogens is 901 g/mol. The van der Waals surface area contributed by atoms with E-state index < -0.39 is 6.10 Å². The maximum atomic E-state index is 12.9. The van der Waals surface area contributed by atoms with Crippen LogP contribution in [0.15, 0.2) is 122 Å². The standard InChI is InChI=1S/C67H110O6/c1-4-7-10-13-16-19-22-25-28-30-31-32-33-34-35-37-39-42-45-48-51-54-57-60-66(69)72-63-64(62-71-65(68)59-56-53-50-47-44-41-38-27-24-21-18-15-12-9-6-3)73-67(70)61-58-55-52-49-46-43-40-36-29-26-23-20-17-14-11-8-5-2/h8-9,11-12,17-18,20-22,25-27,29-31,38,40,43-44,47,64H,4-7,10,13-16,19,23-24,28,32-37,39,41-42,45-46,48-63H2,1-3H3/b11-8-,12-9-,20-17-,21-18-,25-22-,29-26-,31-30-,38-27-,43-40-,47-44-. The molecule has 0 fully saturated rings. The van der Waals surface area contributed by atoms with Crippen LogP contribution in [0.1, 0.15) is 265 Å². The SMILES string of the molecule is CC/C=C\C/C=C\C/C=C\C/C=C\CCCCCCC(=O)OC(COC(=O)CCCC/C=C\C/C=C\C/C=C\C/C=C\CC)COC(=O)CCCCCCCCCCCCC/C=C\C/C=C\CCCCCCC. The molecule has 0 aromatic heterocycles. The molecule has 0 radical (unpaired) electrons. The Morgan fingerprint density at radius 1 is 0.288 bits per heavy atom. The first-order valence-electron chi connectivity index (χ1n) is 30.0. The van der Waals surface area contributed by atoms with Gasteiger partial charge >= 0.3 is 17.9 Å². The van der Waals surface area contributed by atoms with Gasteiger partial charge in [-0.05, 0) is 128 Å². The molecule has 0 spiro atoms. The second kappa shape index (κ2) is 60.4. The van der Waals surface area contributed by atoms with Gasteiger partial charge in [0.25, 0.3) is 0 Å². The van der Waals surface area contributed by atoms with E-state index in [2.05, 4.69) is 142 Å². The minimum atomic E-state index is -0.813. The molecule has 0 rings (SSSR count). The van der Waals surface area contributed by atoms with Crippen LogP contribution in [-0.2, 0) is 28.6 Å². The van der Waals surface area contributed by atoms with Crippen molar-refractivity contribution in [2.45, 2.75) is 271 Å². The minimum Gasteiger partial charge on any atom is -0.462 e. The first kappa shape index (κ1) is 68.8. The summed E-state index contributed by atoms with van der Waals surface area (Å²) in [5.74, 6) is -0.974. The van der Waals surface area contributed by atoms with E-state index in [1.807, 2.05) is 0 Å². The summed E-state index contributed by atoms with van der Waals surface area (Å²) in [5, 5.41) is 0. The molecule has 0 heterocycles. The van der Waals surface area contributed by atoms with Gasteiger partial charge in [-0.1, -0.05) is 239 Å². The first-order chi connectivity index (χ1) is 36.0. The molecule has 0 aliphatic heterocycles. The van der Waals surface area contributed by atoms with Crippen LogP contribution >= 0.6 is 0 Å². The number of rotatable bonds is 53. The smallest absolute Gasteiger partial charge is 0.306 e. The summed E-state index contributed by atoms with van der Waals surface area (Å²) in [6.07, 6.45) is 83.4. The number of hydrogen-bond donors (Lipinski definition) is 0. The molecule has 0 aromatic carbocycles. The molecule has 414 valence electrons. The molecule has 1 unspecified atom stereocenters. The third kappa shape index (κ3) is 58.6. The van der Waals surface area contributed by atoms with Gasteiger partial charge in [0, 0.05) is 19.3 Å². The van der Waals surface area contributed by atoms with Crippen molar-refractivity contribution in [1.82, 2.24) is 0 Å². The predicted octanol–water partition coefficient (Wildman–Crippen LogP) is 20.4. The monoisotopic (exact) mass is 1010 g/mol. The minimum absolute atomic E-state index is 0.105. The molecule has 73 heavy (non-hydrogen) atoms. The Balaban J connectivity index is 4.44. The number of hydrogen-bond acceptors (Lipinski definition) is 6. The Morgan fingerprint density at radius 2 is 0.534 bits per heavy atom. The number of unbranched alkanes of at least 4 members (excludes halogenated alkanes) is 22. The molecule has 0 saturated carbocycles. The predicted molar refractivity (Wildman–Crippen MR) is 316 cm³/mol. The molecule has 0 bridgehead atoms. The molecule has 6 nitrogen and oxygen atoms in total. The third-order valence-corrected chi connectivity index (χ3v) is 12.4. The number of carbonyl (C=O) groups excluding carboxylic acids is 3. The van der Waals surface area contributed by atoms with E-state index in [1.165, 1.54) is 96.3 Å². The summed E-state index contributed by atoms with van der Waals surface area (Å²) >= 11 is 0. The zero-order valence-corrected chi connectivity index (χ0v) is 47.4. The van der Waals surface area contributed by atoms with E-state index >= 15 is 0 Å². The quantitative estimate of drug-likeness (QED) is 0.0261. The number of allylic oxidation sites excluding steroid dienone is 20. The van der Waals surface area contributed by atoms with E-state index in [4.69, 9.17) is 14.2 Å². The van der Waals surface area contributed by atoms with Crippen LogP contribution in [0.2, 0.25) is 0 Å². The molecular formula is C67H110O6. The zero-order chi connectivity index (χ0) is 52.9. The summed E-state index contributed by atoms with van der Waals surface area (Å²) in [6, 6.07) is 0. The molecule has 0 aromatic rings.